The summed E-state index contributed by atoms with van der Waals surface area (Å²) in [6.07, 6.45) is 3.66. The zero-order valence-corrected chi connectivity index (χ0v) is 33.3. The second-order valence-corrected chi connectivity index (χ2v) is 16.1. The fourth-order valence-electron chi connectivity index (χ4n) is 10.1. The summed E-state index contributed by atoms with van der Waals surface area (Å²) in [7, 11) is 0. The fraction of sp³-hybridized carbons (Fsp3) is 0.0175. The molecule has 5 nitrogen and oxygen atoms in total. The van der Waals surface area contributed by atoms with E-state index in [0.29, 0.717) is 11.6 Å². The Kier molecular flexibility index (Phi) is 7.45. The van der Waals surface area contributed by atoms with Crippen molar-refractivity contribution in [3.8, 4) is 78.7 Å². The molecule has 3 aromatic heterocycles. The largest absolute Gasteiger partial charge is 0.456 e. The third kappa shape index (κ3) is 5.02. The van der Waals surface area contributed by atoms with Gasteiger partial charge in [0.2, 0.25) is 0 Å². The van der Waals surface area contributed by atoms with Gasteiger partial charge in [0.25, 0.3) is 0 Å². The van der Waals surface area contributed by atoms with E-state index in [0.717, 1.165) is 55.6 Å². The highest BCUT2D eigenvalue weighted by Crippen LogP contribution is 2.62. The quantitative estimate of drug-likeness (QED) is 0.178. The van der Waals surface area contributed by atoms with Gasteiger partial charge in [0.1, 0.15) is 11.2 Å². The van der Waals surface area contributed by atoms with Crippen LogP contribution in [0, 0.1) is 0 Å². The number of hydrogen-bond donors (Lipinski definition) is 0. The van der Waals surface area contributed by atoms with Crippen molar-refractivity contribution in [3.05, 3.63) is 229 Å². The average Bonchev–Trinajstić information content (AvgIpc) is 3.82. The molecule has 8 aromatic carbocycles. The second kappa shape index (κ2) is 13.4. The van der Waals surface area contributed by atoms with Crippen LogP contribution in [0.5, 0.6) is 0 Å². The first-order valence-corrected chi connectivity index (χ1v) is 20.9. The van der Waals surface area contributed by atoms with Crippen LogP contribution >= 0.6 is 0 Å². The van der Waals surface area contributed by atoms with E-state index < -0.39 is 5.41 Å². The van der Waals surface area contributed by atoms with E-state index >= 15 is 0 Å². The molecule has 0 amide bonds. The molecule has 2 aliphatic carbocycles. The van der Waals surface area contributed by atoms with Crippen molar-refractivity contribution >= 4 is 21.9 Å². The van der Waals surface area contributed by atoms with Crippen LogP contribution in [0.4, 0.5) is 0 Å². The number of rotatable bonds is 4. The first-order valence-electron chi connectivity index (χ1n) is 20.9. The molecule has 0 saturated heterocycles. The molecule has 0 saturated carbocycles. The molecule has 0 aliphatic heterocycles. The smallest absolute Gasteiger partial charge is 0.163 e. The molecule has 3 heterocycles. The van der Waals surface area contributed by atoms with E-state index in [-0.39, 0.29) is 0 Å². The maximum atomic E-state index is 6.69. The van der Waals surface area contributed by atoms with E-state index in [1.54, 1.807) is 0 Å². The number of aromatic nitrogens is 4. The third-order valence-corrected chi connectivity index (χ3v) is 12.8. The summed E-state index contributed by atoms with van der Waals surface area (Å²) < 4.78 is 6.69. The molecule has 13 rings (SSSR count). The molecule has 1 atom stereocenters. The molecule has 288 valence electrons. The summed E-state index contributed by atoms with van der Waals surface area (Å²) in [5.74, 6) is 1.22. The van der Waals surface area contributed by atoms with Gasteiger partial charge in [-0.05, 0) is 86.0 Å². The Balaban J connectivity index is 1.10. The number of fused-ring (bicyclic) bond motifs is 15. The molecule has 2 aliphatic rings. The van der Waals surface area contributed by atoms with Crippen molar-refractivity contribution in [1.82, 2.24) is 19.9 Å². The Labute approximate surface area is 357 Å². The van der Waals surface area contributed by atoms with Gasteiger partial charge < -0.3 is 4.42 Å². The first kappa shape index (κ1) is 34.6. The lowest BCUT2D eigenvalue weighted by Crippen LogP contribution is -2.29. The van der Waals surface area contributed by atoms with Gasteiger partial charge in [0.15, 0.2) is 11.6 Å². The monoisotopic (exact) mass is 790 g/mol. The minimum absolute atomic E-state index is 0.560. The molecule has 0 N–H and O–H groups in total. The Morgan fingerprint density at radius 2 is 0.871 bits per heavy atom. The summed E-state index contributed by atoms with van der Waals surface area (Å²) >= 11 is 0. The highest BCUT2D eigenvalue weighted by atomic mass is 16.3. The molecule has 5 heteroatoms. The van der Waals surface area contributed by atoms with Gasteiger partial charge in [-0.25, -0.2) is 19.9 Å². The van der Waals surface area contributed by atoms with E-state index in [9.17, 15) is 0 Å². The second-order valence-electron chi connectivity index (χ2n) is 16.1. The van der Waals surface area contributed by atoms with Crippen molar-refractivity contribution in [2.24, 2.45) is 0 Å². The van der Waals surface area contributed by atoms with E-state index in [2.05, 4.69) is 140 Å². The van der Waals surface area contributed by atoms with Crippen molar-refractivity contribution in [2.45, 2.75) is 5.41 Å². The van der Waals surface area contributed by atoms with Crippen LogP contribution in [0.25, 0.3) is 101 Å². The van der Waals surface area contributed by atoms with Gasteiger partial charge in [-0.1, -0.05) is 164 Å². The van der Waals surface area contributed by atoms with Crippen LogP contribution in [0.1, 0.15) is 22.3 Å². The SMILES string of the molecule is c1ccc(-c2cc(-c3ccc4c(c3)C3(c5ccccc5-c5ccccc5-4)c4ccccc4-c4cc5c(cc43)oc3ccccc35)nc(-c3cnc(-c4ccccc4)nc3)n2)cc1. The summed E-state index contributed by atoms with van der Waals surface area (Å²) in [6.45, 7) is 0. The summed E-state index contributed by atoms with van der Waals surface area (Å²) in [5.41, 5.74) is 18.5. The van der Waals surface area contributed by atoms with Crippen LogP contribution in [0.15, 0.2) is 211 Å². The molecule has 0 bridgehead atoms. The van der Waals surface area contributed by atoms with Crippen LogP contribution in [-0.2, 0) is 5.41 Å². The number of benzene rings is 8. The van der Waals surface area contributed by atoms with Gasteiger partial charge in [-0.15, -0.1) is 0 Å². The van der Waals surface area contributed by atoms with Crippen LogP contribution in [0.3, 0.4) is 0 Å². The highest BCUT2D eigenvalue weighted by Gasteiger charge is 2.50. The molecule has 0 radical (unpaired) electrons. The third-order valence-electron chi connectivity index (χ3n) is 12.8. The van der Waals surface area contributed by atoms with Crippen molar-refractivity contribution in [1.29, 1.82) is 0 Å². The van der Waals surface area contributed by atoms with E-state index in [1.165, 1.54) is 55.6 Å². The van der Waals surface area contributed by atoms with Gasteiger partial charge in [-0.2, -0.15) is 0 Å². The molecule has 1 unspecified atom stereocenters. The lowest BCUT2D eigenvalue weighted by atomic mass is 9.65. The summed E-state index contributed by atoms with van der Waals surface area (Å²) in [4.78, 5) is 20.0. The van der Waals surface area contributed by atoms with Crippen LogP contribution in [0.2, 0.25) is 0 Å². The first-order chi connectivity index (χ1) is 30.7. The molecular weight excluding hydrogens is 757 g/mol. The summed E-state index contributed by atoms with van der Waals surface area (Å²) in [6, 6.07) is 69.2. The van der Waals surface area contributed by atoms with Crippen molar-refractivity contribution in [3.63, 3.8) is 0 Å². The zero-order chi connectivity index (χ0) is 40.8. The normalized spacial score (nSPS) is 14.5. The number of hydrogen-bond acceptors (Lipinski definition) is 5. The van der Waals surface area contributed by atoms with Crippen molar-refractivity contribution in [2.75, 3.05) is 0 Å². The van der Waals surface area contributed by atoms with Crippen molar-refractivity contribution < 1.29 is 4.42 Å². The standard InChI is InChI=1S/C57H34N4O/c1-3-15-35(16-4-1)51-32-52(61-56(60-51)38-33-58-55(59-34-38)36-17-5-2-6-18-36)37-27-28-43-40-20-8-7-19-39(40)41-21-9-12-24-47(41)57(49(43)29-37)48-25-13-10-22-42(48)45-30-46-44-23-11-14-26-53(44)62-54(46)31-50(45)57/h1-34H. The summed E-state index contributed by atoms with van der Waals surface area (Å²) in [5, 5.41) is 2.24. The maximum Gasteiger partial charge on any atom is 0.163 e. The van der Waals surface area contributed by atoms with Gasteiger partial charge in [-0.3, -0.25) is 0 Å². The van der Waals surface area contributed by atoms with Crippen LogP contribution in [-0.4, -0.2) is 19.9 Å². The fourth-order valence-corrected chi connectivity index (χ4v) is 10.1. The molecule has 62 heavy (non-hydrogen) atoms. The van der Waals surface area contributed by atoms with Crippen LogP contribution < -0.4 is 0 Å². The number of furan rings is 1. The van der Waals surface area contributed by atoms with E-state index in [1.807, 2.05) is 67.0 Å². The maximum absolute atomic E-state index is 6.69. The number of nitrogens with zero attached hydrogens (tertiary/aromatic N) is 4. The predicted octanol–water partition coefficient (Wildman–Crippen LogP) is 13.8. The Hall–Kier alpha value is -8.28. The van der Waals surface area contributed by atoms with Gasteiger partial charge >= 0.3 is 0 Å². The van der Waals surface area contributed by atoms with E-state index in [4.69, 9.17) is 24.4 Å². The minimum Gasteiger partial charge on any atom is -0.456 e. The number of para-hydroxylation sites is 1. The molecule has 1 spiro atoms. The molecule has 11 aromatic rings. The topological polar surface area (TPSA) is 64.7 Å². The highest BCUT2D eigenvalue weighted by molar-refractivity contribution is 6.09. The lowest BCUT2D eigenvalue weighted by Gasteiger charge is -2.35. The predicted molar refractivity (Wildman–Crippen MR) is 248 cm³/mol. The Bertz CT molecular complexity index is 3580. The zero-order valence-electron chi connectivity index (χ0n) is 33.3. The molecular formula is C57H34N4O. The Morgan fingerprint density at radius 3 is 1.58 bits per heavy atom. The van der Waals surface area contributed by atoms with Gasteiger partial charge in [0, 0.05) is 39.9 Å². The van der Waals surface area contributed by atoms with Gasteiger partial charge in [0.05, 0.1) is 22.4 Å². The molecule has 0 fully saturated rings. The minimum atomic E-state index is -0.709. The Morgan fingerprint density at radius 1 is 0.323 bits per heavy atom. The average molecular weight is 791 g/mol. The lowest BCUT2D eigenvalue weighted by molar-refractivity contribution is 0.666.